The van der Waals surface area contributed by atoms with Crippen LogP contribution in [0.4, 0.5) is 0 Å². The van der Waals surface area contributed by atoms with Crippen molar-refractivity contribution in [3.05, 3.63) is 119 Å². The predicted molar refractivity (Wildman–Crippen MR) is 154 cm³/mol. The van der Waals surface area contributed by atoms with Crippen molar-refractivity contribution in [2.45, 2.75) is 40.7 Å². The molecule has 2 aromatic heterocycles. The Morgan fingerprint density at radius 2 is 1.80 bits per heavy atom. The molecule has 40 heavy (non-hydrogen) atoms. The molecule has 204 valence electrons. The van der Waals surface area contributed by atoms with E-state index in [0.717, 1.165) is 33.8 Å². The maximum atomic E-state index is 13.9. The Labute approximate surface area is 234 Å². The monoisotopic (exact) mass is 555 g/mol. The number of fused-ring (bicyclic) bond motifs is 1. The van der Waals surface area contributed by atoms with Gasteiger partial charge in [-0.1, -0.05) is 47.2 Å². The molecule has 0 amide bonds. The molecule has 3 heterocycles. The van der Waals surface area contributed by atoms with E-state index in [-0.39, 0.29) is 17.7 Å². The average Bonchev–Trinajstić information content (AvgIpc) is 3.37. The minimum atomic E-state index is -0.994. The number of esters is 1. The van der Waals surface area contributed by atoms with E-state index in [1.165, 1.54) is 11.3 Å². The number of hydrogen-bond acceptors (Lipinski definition) is 6. The highest BCUT2D eigenvalue weighted by Crippen LogP contribution is 2.31. The number of ether oxygens (including phenoxy) is 1. The van der Waals surface area contributed by atoms with Gasteiger partial charge in [0.25, 0.3) is 5.56 Å². The predicted octanol–water partition coefficient (Wildman–Crippen LogP) is 4.21. The second-order valence-electron chi connectivity index (χ2n) is 9.73. The fourth-order valence-corrected chi connectivity index (χ4v) is 6.14. The van der Waals surface area contributed by atoms with E-state index in [2.05, 4.69) is 4.99 Å². The number of carbonyl (C=O) groups is 2. The highest BCUT2D eigenvalue weighted by atomic mass is 32.1. The molecule has 2 aromatic carbocycles. The first-order valence-corrected chi connectivity index (χ1v) is 13.7. The van der Waals surface area contributed by atoms with Crippen LogP contribution >= 0.6 is 11.3 Å². The van der Waals surface area contributed by atoms with Gasteiger partial charge in [0.2, 0.25) is 0 Å². The van der Waals surface area contributed by atoms with Crippen molar-refractivity contribution in [3.8, 4) is 5.69 Å². The topological polar surface area (TPSA) is 103 Å². The minimum absolute atomic E-state index is 0.198. The molecule has 0 spiro atoms. The summed E-state index contributed by atoms with van der Waals surface area (Å²) >= 11 is 1.27. The summed E-state index contributed by atoms with van der Waals surface area (Å²) in [5.41, 5.74) is 6.01. The molecule has 0 aliphatic carbocycles. The molecule has 8 nitrogen and oxygen atoms in total. The minimum Gasteiger partial charge on any atom is -0.478 e. The zero-order valence-corrected chi connectivity index (χ0v) is 23.7. The highest BCUT2D eigenvalue weighted by molar-refractivity contribution is 7.07. The molecule has 4 aromatic rings. The lowest BCUT2D eigenvalue weighted by atomic mass is 9.95. The van der Waals surface area contributed by atoms with Crippen LogP contribution in [0.5, 0.6) is 0 Å². The summed E-state index contributed by atoms with van der Waals surface area (Å²) in [6.07, 6.45) is 1.83. The molecule has 0 saturated heterocycles. The van der Waals surface area contributed by atoms with Crippen LogP contribution in [0.25, 0.3) is 11.8 Å². The Hall–Kier alpha value is -4.50. The second kappa shape index (κ2) is 10.6. The van der Waals surface area contributed by atoms with Gasteiger partial charge in [0, 0.05) is 17.1 Å². The number of carboxylic acid groups (broad SMARTS) is 1. The fraction of sp³-hybridized carbons (Fsp3) is 0.226. The van der Waals surface area contributed by atoms with E-state index in [4.69, 9.17) is 4.74 Å². The standard InChI is InChI=1S/C31H29N3O5S/c1-6-39-30(38)26-19(4)32-31-34(27(26)21-12-10-17(2)11-13-21)28(35)25(40-31)16-23-14-18(3)33(20(23)5)24-9-7-8-22(15-24)29(36)37/h7-16,27H,6H2,1-5H3,(H,36,37)/t27-/m0/s1. The largest absolute Gasteiger partial charge is 0.478 e. The lowest BCUT2D eigenvalue weighted by molar-refractivity contribution is -0.139. The summed E-state index contributed by atoms with van der Waals surface area (Å²) in [6, 6.07) is 15.8. The van der Waals surface area contributed by atoms with Crippen LogP contribution in [0.1, 0.15) is 58.3 Å². The summed E-state index contributed by atoms with van der Waals surface area (Å²) in [6.45, 7) is 9.58. The van der Waals surface area contributed by atoms with Crippen molar-refractivity contribution in [3.63, 3.8) is 0 Å². The first kappa shape index (κ1) is 27.1. The van der Waals surface area contributed by atoms with Crippen molar-refractivity contribution in [1.29, 1.82) is 0 Å². The molecule has 0 fully saturated rings. The number of rotatable bonds is 6. The Morgan fingerprint density at radius 1 is 1.07 bits per heavy atom. The maximum absolute atomic E-state index is 13.9. The molecule has 1 aliphatic heterocycles. The second-order valence-corrected chi connectivity index (χ2v) is 10.7. The van der Waals surface area contributed by atoms with Crippen LogP contribution in [-0.4, -0.2) is 32.8 Å². The SMILES string of the molecule is CCOC(=O)C1=C(C)N=c2sc(=Cc3cc(C)n(-c4cccc(C(=O)O)c4)c3C)c(=O)n2[C@H]1c1ccc(C)cc1. The number of nitrogens with zero attached hydrogens (tertiary/aromatic N) is 3. The number of aromatic carboxylic acids is 1. The number of hydrogen-bond donors (Lipinski definition) is 1. The number of aromatic nitrogens is 2. The molecular weight excluding hydrogens is 526 g/mol. The van der Waals surface area contributed by atoms with E-state index in [1.807, 2.05) is 67.8 Å². The van der Waals surface area contributed by atoms with E-state index in [9.17, 15) is 19.5 Å². The van der Waals surface area contributed by atoms with Crippen LogP contribution in [0.3, 0.4) is 0 Å². The Kier molecular flexibility index (Phi) is 7.16. The van der Waals surface area contributed by atoms with Gasteiger partial charge in [0.1, 0.15) is 0 Å². The molecule has 0 radical (unpaired) electrons. The molecule has 1 N–H and O–H groups in total. The summed E-state index contributed by atoms with van der Waals surface area (Å²) in [5, 5.41) is 9.43. The first-order valence-electron chi connectivity index (χ1n) is 12.9. The lowest BCUT2D eigenvalue weighted by Gasteiger charge is -2.24. The number of carboxylic acids is 1. The van der Waals surface area contributed by atoms with Gasteiger partial charge in [-0.05, 0) is 76.1 Å². The molecule has 9 heteroatoms. The molecule has 0 bridgehead atoms. The molecule has 0 saturated carbocycles. The molecular formula is C31H29N3O5S. The summed E-state index contributed by atoms with van der Waals surface area (Å²) in [4.78, 5) is 43.7. The van der Waals surface area contributed by atoms with Gasteiger partial charge in [-0.25, -0.2) is 14.6 Å². The molecule has 0 unspecified atom stereocenters. The smallest absolute Gasteiger partial charge is 0.338 e. The van der Waals surface area contributed by atoms with Gasteiger partial charge in [0.05, 0.1) is 34.0 Å². The van der Waals surface area contributed by atoms with E-state index < -0.39 is 18.0 Å². The third-order valence-corrected chi connectivity index (χ3v) is 8.00. The first-order chi connectivity index (χ1) is 19.1. The number of aryl methyl sites for hydroxylation is 2. The fourth-order valence-electron chi connectivity index (χ4n) is 5.11. The molecule has 1 aliphatic rings. The Balaban J connectivity index is 1.68. The number of benzene rings is 2. The van der Waals surface area contributed by atoms with Crippen molar-refractivity contribution >= 4 is 29.4 Å². The van der Waals surface area contributed by atoms with E-state index in [1.54, 1.807) is 36.6 Å². The third-order valence-electron chi connectivity index (χ3n) is 7.02. The normalized spacial score (nSPS) is 15.1. The Morgan fingerprint density at radius 3 is 2.48 bits per heavy atom. The van der Waals surface area contributed by atoms with Crippen molar-refractivity contribution in [1.82, 2.24) is 9.13 Å². The van der Waals surface area contributed by atoms with E-state index >= 15 is 0 Å². The van der Waals surface area contributed by atoms with Crippen molar-refractivity contribution in [2.75, 3.05) is 6.61 Å². The van der Waals surface area contributed by atoms with Gasteiger partial charge < -0.3 is 14.4 Å². The van der Waals surface area contributed by atoms with Crippen molar-refractivity contribution in [2.24, 2.45) is 4.99 Å². The lowest BCUT2D eigenvalue weighted by Crippen LogP contribution is -2.39. The number of thiazole rings is 1. The maximum Gasteiger partial charge on any atom is 0.338 e. The molecule has 5 rings (SSSR count). The Bertz CT molecular complexity index is 1870. The number of carbonyl (C=O) groups excluding carboxylic acids is 1. The van der Waals surface area contributed by atoms with Gasteiger partial charge in [-0.2, -0.15) is 0 Å². The quantitative estimate of drug-likeness (QED) is 0.359. The van der Waals surface area contributed by atoms with Gasteiger partial charge in [-0.15, -0.1) is 0 Å². The summed E-state index contributed by atoms with van der Waals surface area (Å²) < 4.78 is 9.39. The van der Waals surface area contributed by atoms with Crippen LogP contribution in [0, 0.1) is 20.8 Å². The number of allylic oxidation sites excluding steroid dienone is 1. The third kappa shape index (κ3) is 4.73. The van der Waals surface area contributed by atoms with Crippen LogP contribution < -0.4 is 14.9 Å². The van der Waals surface area contributed by atoms with Gasteiger partial charge in [0.15, 0.2) is 4.80 Å². The van der Waals surface area contributed by atoms with Crippen molar-refractivity contribution < 1.29 is 19.4 Å². The van der Waals surface area contributed by atoms with Crippen LogP contribution in [-0.2, 0) is 9.53 Å². The van der Waals surface area contributed by atoms with Gasteiger partial charge >= 0.3 is 11.9 Å². The average molecular weight is 556 g/mol. The van der Waals surface area contributed by atoms with Crippen LogP contribution in [0.2, 0.25) is 0 Å². The zero-order valence-electron chi connectivity index (χ0n) is 22.9. The zero-order chi connectivity index (χ0) is 28.7. The van der Waals surface area contributed by atoms with Gasteiger partial charge in [-0.3, -0.25) is 9.36 Å². The van der Waals surface area contributed by atoms with Crippen LogP contribution in [0.15, 0.2) is 75.7 Å². The van der Waals surface area contributed by atoms with E-state index in [0.29, 0.717) is 20.6 Å². The summed E-state index contributed by atoms with van der Waals surface area (Å²) in [5.74, 6) is -1.48. The molecule has 1 atom stereocenters. The summed E-state index contributed by atoms with van der Waals surface area (Å²) in [7, 11) is 0. The highest BCUT2D eigenvalue weighted by Gasteiger charge is 2.33.